The predicted molar refractivity (Wildman–Crippen MR) is 169 cm³/mol. The second-order valence-corrected chi connectivity index (χ2v) is 10.5. The van der Waals surface area contributed by atoms with Crippen molar-refractivity contribution in [2.24, 2.45) is 39.2 Å². The molecule has 2 unspecified atom stereocenters. The van der Waals surface area contributed by atoms with Gasteiger partial charge in [0.25, 0.3) is 0 Å². The van der Waals surface area contributed by atoms with Gasteiger partial charge in [-0.05, 0) is 0 Å². The molecular formula is C26H60N14O4. The van der Waals surface area contributed by atoms with Gasteiger partial charge in [0.2, 0.25) is 0 Å². The van der Waals surface area contributed by atoms with Gasteiger partial charge in [-0.1, -0.05) is 6.92 Å². The summed E-state index contributed by atoms with van der Waals surface area (Å²) in [5.74, 6) is -1.25. The molecule has 0 saturated carbocycles. The first-order valence-electron chi connectivity index (χ1n) is 15.4. The molecule has 0 fully saturated rings. The van der Waals surface area contributed by atoms with Crippen LogP contribution in [0.25, 0.3) is 0 Å². The minimum Gasteiger partial charge on any atom is -0.469 e. The minimum atomic E-state index is -1.07. The van der Waals surface area contributed by atoms with Gasteiger partial charge >= 0.3 is 11.9 Å². The fourth-order valence-electron chi connectivity index (χ4n) is 4.54. The first-order valence-corrected chi connectivity index (χ1v) is 15.4. The van der Waals surface area contributed by atoms with E-state index in [2.05, 4.69) is 40.6 Å². The highest BCUT2D eigenvalue weighted by atomic mass is 16.7. The molecule has 2 atom stereocenters. The molecule has 0 spiro atoms. The molecule has 258 valence electrons. The molecule has 0 aliphatic heterocycles. The van der Waals surface area contributed by atoms with Crippen molar-refractivity contribution in [3.8, 4) is 0 Å². The van der Waals surface area contributed by atoms with E-state index < -0.39 is 12.0 Å². The van der Waals surface area contributed by atoms with Gasteiger partial charge in [0, 0.05) is 136 Å². The van der Waals surface area contributed by atoms with Crippen molar-refractivity contribution in [1.82, 2.24) is 30.2 Å². The van der Waals surface area contributed by atoms with Gasteiger partial charge in [-0.2, -0.15) is 10.6 Å². The summed E-state index contributed by atoms with van der Waals surface area (Å²) in [6.45, 7) is 15.2. The first-order chi connectivity index (χ1) is 21.3. The van der Waals surface area contributed by atoms with Crippen LogP contribution in [0.5, 0.6) is 0 Å². The molecule has 0 amide bonds. The van der Waals surface area contributed by atoms with E-state index in [1.165, 1.54) is 7.11 Å². The molecule has 12 N–H and O–H groups in total. The van der Waals surface area contributed by atoms with Gasteiger partial charge in [0.15, 0.2) is 6.04 Å². The lowest BCUT2D eigenvalue weighted by Gasteiger charge is -2.31. The van der Waals surface area contributed by atoms with E-state index in [0.717, 1.165) is 65.4 Å². The Morgan fingerprint density at radius 1 is 0.682 bits per heavy atom. The van der Waals surface area contributed by atoms with Crippen molar-refractivity contribution in [3.63, 3.8) is 0 Å². The van der Waals surface area contributed by atoms with Crippen LogP contribution in [-0.4, -0.2) is 176 Å². The van der Waals surface area contributed by atoms with Crippen LogP contribution in [0.2, 0.25) is 0 Å². The van der Waals surface area contributed by atoms with Crippen molar-refractivity contribution >= 4 is 11.9 Å². The number of carbonyl (C=O) groups excluding carboxylic acids is 2. The summed E-state index contributed by atoms with van der Waals surface area (Å²) in [6.07, 6.45) is 0. The number of hydrogen-bond donors (Lipinski definition) is 8. The zero-order valence-corrected chi connectivity index (χ0v) is 26.9. The standard InChI is InChI=1S/C26H60N14O4/c1-23(25(41)43-2)21-34-8-7-33-9-14-39(17-15-37(10-3-27)11-4-28)18-16-38(12-5-29)19-20-40(13-6-30)22-24(35-31)26(42)44-36-32/h23-24,31-34H,3-22,27-30H2,1-2H3. The maximum Gasteiger partial charge on any atom is 0.364 e. The second kappa shape index (κ2) is 28.2. The largest absolute Gasteiger partial charge is 0.469 e. The molecule has 0 aromatic carbocycles. The third-order valence-corrected chi connectivity index (χ3v) is 7.11. The average molecular weight is 633 g/mol. The second-order valence-electron chi connectivity index (χ2n) is 10.5. The molecular weight excluding hydrogens is 572 g/mol. The van der Waals surface area contributed by atoms with Crippen molar-refractivity contribution in [2.45, 2.75) is 13.0 Å². The Hall–Kier alpha value is -2.26. The zero-order valence-electron chi connectivity index (χ0n) is 26.9. The van der Waals surface area contributed by atoms with Crippen LogP contribution in [-0.2, 0) is 19.2 Å². The molecule has 0 saturated heterocycles. The van der Waals surface area contributed by atoms with Crippen LogP contribution in [0, 0.1) is 17.0 Å². The molecule has 18 heteroatoms. The Morgan fingerprint density at radius 2 is 1.14 bits per heavy atom. The van der Waals surface area contributed by atoms with E-state index in [-0.39, 0.29) is 18.4 Å². The number of rotatable bonds is 31. The van der Waals surface area contributed by atoms with Gasteiger partial charge in [-0.25, -0.2) is 10.3 Å². The predicted octanol–water partition coefficient (Wildman–Crippen LogP) is -3.09. The Balaban J connectivity index is 5.06. The van der Waals surface area contributed by atoms with Gasteiger partial charge in [-0.15, -0.1) is 0 Å². The fourth-order valence-corrected chi connectivity index (χ4v) is 4.54. The highest BCUT2D eigenvalue weighted by molar-refractivity contribution is 5.75. The zero-order chi connectivity index (χ0) is 33.0. The normalized spacial score (nSPS) is 13.0. The maximum atomic E-state index is 12.0. The highest BCUT2D eigenvalue weighted by Crippen LogP contribution is 2.02. The SMILES string of the molecule is COC(=O)C(C)CNCCNCCN(CCN(CCN)CCN)CCN(CCN)CCN(CCN)CC(N=N)C(=O)ON=N. The van der Waals surface area contributed by atoms with Crippen LogP contribution < -0.4 is 33.6 Å². The summed E-state index contributed by atoms with van der Waals surface area (Å²) in [6, 6.07) is -1.07. The summed E-state index contributed by atoms with van der Waals surface area (Å²) in [5.41, 5.74) is 37.4. The molecule has 44 heavy (non-hydrogen) atoms. The van der Waals surface area contributed by atoms with Gasteiger partial charge in [0.05, 0.1) is 13.0 Å². The van der Waals surface area contributed by atoms with E-state index in [1.54, 1.807) is 0 Å². The van der Waals surface area contributed by atoms with Gasteiger partial charge in [-0.3, -0.25) is 29.2 Å². The number of ether oxygens (including phenoxy) is 1. The molecule has 18 nitrogen and oxygen atoms in total. The number of hydrogen-bond acceptors (Lipinski definition) is 18. The van der Waals surface area contributed by atoms with E-state index >= 15 is 0 Å². The number of nitrogens with one attached hydrogen (secondary N) is 4. The van der Waals surface area contributed by atoms with E-state index in [1.807, 2.05) is 11.8 Å². The molecule has 0 radical (unpaired) electrons. The molecule has 0 aliphatic carbocycles. The Morgan fingerprint density at radius 3 is 1.61 bits per heavy atom. The lowest BCUT2D eigenvalue weighted by Crippen LogP contribution is -2.47. The van der Waals surface area contributed by atoms with Crippen LogP contribution in [0.3, 0.4) is 0 Å². The molecule has 0 aromatic rings. The third kappa shape index (κ3) is 20.7. The van der Waals surface area contributed by atoms with Crippen LogP contribution in [0.4, 0.5) is 0 Å². The summed E-state index contributed by atoms with van der Waals surface area (Å²) < 4.78 is 4.76. The number of methoxy groups -OCH3 is 1. The Bertz CT molecular complexity index is 748. The quantitative estimate of drug-likeness (QED) is 0.0163. The lowest BCUT2D eigenvalue weighted by atomic mass is 10.2. The average Bonchev–Trinajstić information content (AvgIpc) is 3.01. The van der Waals surface area contributed by atoms with Gasteiger partial charge in [0.1, 0.15) is 0 Å². The smallest absolute Gasteiger partial charge is 0.364 e. The third-order valence-electron chi connectivity index (χ3n) is 7.11. The Kier molecular flexibility index (Phi) is 26.8. The van der Waals surface area contributed by atoms with Gasteiger partial charge < -0.3 is 38.3 Å². The highest BCUT2D eigenvalue weighted by Gasteiger charge is 2.23. The molecule has 0 aliphatic rings. The summed E-state index contributed by atoms with van der Waals surface area (Å²) in [7, 11) is 1.40. The molecule has 0 rings (SSSR count). The monoisotopic (exact) mass is 632 g/mol. The summed E-state index contributed by atoms with van der Waals surface area (Å²) in [4.78, 5) is 36.8. The number of nitrogens with zero attached hydrogens (tertiary/aromatic N) is 6. The van der Waals surface area contributed by atoms with Crippen molar-refractivity contribution in [3.05, 3.63) is 0 Å². The lowest BCUT2D eigenvalue weighted by molar-refractivity contribution is -0.147. The first kappa shape index (κ1) is 41.7. The van der Waals surface area contributed by atoms with E-state index in [4.69, 9.17) is 38.7 Å². The topological polar surface area (TPSA) is 266 Å². The van der Waals surface area contributed by atoms with E-state index in [9.17, 15) is 9.59 Å². The van der Waals surface area contributed by atoms with Crippen LogP contribution in [0.15, 0.2) is 10.4 Å². The summed E-state index contributed by atoms with van der Waals surface area (Å²) in [5, 5.41) is 12.7. The van der Waals surface area contributed by atoms with Crippen LogP contribution >= 0.6 is 0 Å². The van der Waals surface area contributed by atoms with E-state index in [0.29, 0.717) is 58.9 Å². The van der Waals surface area contributed by atoms with Crippen molar-refractivity contribution in [1.29, 1.82) is 11.1 Å². The number of esters is 1. The number of nitrogens with two attached hydrogens (primary N) is 4. The van der Waals surface area contributed by atoms with Crippen molar-refractivity contribution in [2.75, 3.05) is 138 Å². The molecule has 0 bridgehead atoms. The minimum absolute atomic E-state index is 0.151. The molecule has 0 heterocycles. The maximum absolute atomic E-state index is 12.0. The van der Waals surface area contributed by atoms with Crippen molar-refractivity contribution < 1.29 is 19.2 Å². The van der Waals surface area contributed by atoms with Crippen LogP contribution in [0.1, 0.15) is 6.92 Å². The number of carbonyl (C=O) groups is 2. The molecule has 0 aromatic heterocycles. The summed E-state index contributed by atoms with van der Waals surface area (Å²) >= 11 is 0. The fraction of sp³-hybridized carbons (Fsp3) is 0.923. The Labute approximate surface area is 262 Å².